The van der Waals surface area contributed by atoms with Gasteiger partial charge in [0, 0.05) is 17.7 Å². The molecule has 1 aliphatic rings. The topological polar surface area (TPSA) is 77.9 Å². The number of carbonyl (C=O) groups is 1. The number of allylic oxidation sites excluding steroid dienone is 1. The molecule has 0 N–H and O–H groups in total. The molecule has 1 aliphatic heterocycles. The molecule has 0 bridgehead atoms. The summed E-state index contributed by atoms with van der Waals surface area (Å²) in [5.74, 6) is 1.71. The van der Waals surface area contributed by atoms with Gasteiger partial charge in [-0.1, -0.05) is 5.92 Å². The van der Waals surface area contributed by atoms with Gasteiger partial charge in [-0.05, 0) is 4.40 Å². The van der Waals surface area contributed by atoms with Gasteiger partial charge < -0.3 is 9.29 Å². The van der Waals surface area contributed by atoms with Gasteiger partial charge >= 0.3 is 5.97 Å². The molecule has 1 atom stereocenters. The van der Waals surface area contributed by atoms with Crippen LogP contribution in [0.15, 0.2) is 27.7 Å². The highest BCUT2D eigenvalue weighted by atomic mass is 32.2. The average molecular weight is 295 g/mol. The van der Waals surface area contributed by atoms with Crippen molar-refractivity contribution in [3.63, 3.8) is 0 Å². The number of carbonyl (C=O) groups excluding carboxylic acids is 1. The van der Waals surface area contributed by atoms with Gasteiger partial charge in [-0.2, -0.15) is 4.31 Å². The fraction of sp³-hybridized carbons (Fsp3) is 0.182. The van der Waals surface area contributed by atoms with Crippen LogP contribution in [-0.2, 0) is 21.1 Å². The molecule has 0 saturated heterocycles. The Hall–Kier alpha value is -1.82. The molecule has 0 saturated carbocycles. The summed E-state index contributed by atoms with van der Waals surface area (Å²) in [5, 5.41) is 2.34. The second kappa shape index (κ2) is 5.88. The molecular formula is C11H9N3O3S2. The van der Waals surface area contributed by atoms with Crippen LogP contribution >= 0.6 is 11.3 Å². The Bertz CT molecular complexity index is 575. The second-order valence-corrected chi connectivity index (χ2v) is 5.29. The molecule has 0 spiro atoms. The Kier molecular flexibility index (Phi) is 4.21. The van der Waals surface area contributed by atoms with Gasteiger partial charge in [-0.15, -0.1) is 17.8 Å². The number of hydrogen-bond acceptors (Lipinski definition) is 7. The fourth-order valence-corrected chi connectivity index (χ4v) is 2.93. The lowest BCUT2D eigenvalue weighted by atomic mass is 10.3. The molecule has 2 rings (SSSR count). The van der Waals surface area contributed by atoms with Crippen molar-refractivity contribution in [1.29, 1.82) is 0 Å². The Morgan fingerprint density at radius 2 is 2.53 bits per heavy atom. The molecule has 19 heavy (non-hydrogen) atoms. The monoisotopic (exact) mass is 295 g/mol. The first-order chi connectivity index (χ1) is 9.17. The Labute approximate surface area is 117 Å². The maximum absolute atomic E-state index is 12.0. The zero-order valence-electron chi connectivity index (χ0n) is 9.90. The van der Waals surface area contributed by atoms with Crippen molar-refractivity contribution < 1.29 is 14.1 Å². The second-order valence-electron chi connectivity index (χ2n) is 3.31. The van der Waals surface area contributed by atoms with E-state index in [0.29, 0.717) is 10.7 Å². The number of hydrogen-bond donors (Lipinski definition) is 0. The summed E-state index contributed by atoms with van der Waals surface area (Å²) in [5.41, 5.74) is 0.487. The lowest BCUT2D eigenvalue weighted by molar-refractivity contribution is -0.137. The SMILES string of the molecule is C#CCN1C(C(=O)OC)=CC(c2nccs2)=N[S+]1[O-]. The number of rotatable bonds is 3. The van der Waals surface area contributed by atoms with Gasteiger partial charge in [0.15, 0.2) is 11.4 Å². The van der Waals surface area contributed by atoms with E-state index in [1.165, 1.54) is 28.8 Å². The van der Waals surface area contributed by atoms with Crippen LogP contribution < -0.4 is 0 Å². The molecule has 0 fully saturated rings. The van der Waals surface area contributed by atoms with E-state index in [-0.39, 0.29) is 12.2 Å². The molecule has 1 aromatic rings. The molecule has 0 aliphatic carbocycles. The zero-order chi connectivity index (χ0) is 13.8. The van der Waals surface area contributed by atoms with E-state index in [1.54, 1.807) is 11.6 Å². The first kappa shape index (κ1) is 13.6. The summed E-state index contributed by atoms with van der Waals surface area (Å²) >= 11 is -0.433. The highest BCUT2D eigenvalue weighted by Crippen LogP contribution is 2.22. The number of aromatic nitrogens is 1. The van der Waals surface area contributed by atoms with E-state index in [0.717, 1.165) is 0 Å². The molecule has 1 unspecified atom stereocenters. The van der Waals surface area contributed by atoms with Crippen LogP contribution in [0.2, 0.25) is 0 Å². The molecule has 1 aromatic heterocycles. The standard InChI is InChI=1S/C11H9N3O3S2/c1-3-5-14-9(11(15)17-2)7-8(13-19(14)16)10-12-4-6-18-10/h1,4,6-7H,5H2,2H3. The molecule has 2 heterocycles. The Morgan fingerprint density at radius 1 is 1.74 bits per heavy atom. The number of thiazole rings is 1. The van der Waals surface area contributed by atoms with Crippen molar-refractivity contribution in [2.45, 2.75) is 0 Å². The predicted octanol–water partition coefficient (Wildman–Crippen LogP) is 0.517. The Morgan fingerprint density at radius 3 is 3.11 bits per heavy atom. The first-order valence-electron chi connectivity index (χ1n) is 5.09. The summed E-state index contributed by atoms with van der Waals surface area (Å²) in [6.07, 6.45) is 8.27. The van der Waals surface area contributed by atoms with Gasteiger partial charge in [-0.3, -0.25) is 0 Å². The third kappa shape index (κ3) is 2.78. The number of nitrogens with zero attached hydrogens (tertiary/aromatic N) is 3. The predicted molar refractivity (Wildman–Crippen MR) is 72.4 cm³/mol. The third-order valence-electron chi connectivity index (χ3n) is 2.19. The molecule has 8 heteroatoms. The minimum atomic E-state index is -1.77. The summed E-state index contributed by atoms with van der Waals surface area (Å²) in [7, 11) is 1.25. The average Bonchev–Trinajstić information content (AvgIpc) is 2.94. The molecule has 6 nitrogen and oxygen atoms in total. The third-order valence-corrected chi connectivity index (χ3v) is 4.04. The van der Waals surface area contributed by atoms with E-state index in [1.807, 2.05) is 0 Å². The van der Waals surface area contributed by atoms with Crippen LogP contribution in [0.4, 0.5) is 0 Å². The highest BCUT2D eigenvalue weighted by Gasteiger charge is 2.34. The highest BCUT2D eigenvalue weighted by molar-refractivity contribution is 7.88. The van der Waals surface area contributed by atoms with Gasteiger partial charge in [0.1, 0.15) is 11.6 Å². The maximum atomic E-state index is 12.0. The first-order valence-corrected chi connectivity index (χ1v) is 7.03. The number of esters is 1. The van der Waals surface area contributed by atoms with E-state index >= 15 is 0 Å². The van der Waals surface area contributed by atoms with Crippen molar-refractivity contribution in [3.05, 3.63) is 28.4 Å². The number of terminal acetylenes is 1. The van der Waals surface area contributed by atoms with Gasteiger partial charge in [0.05, 0.1) is 7.11 Å². The largest absolute Gasteiger partial charge is 0.566 e. The lowest BCUT2D eigenvalue weighted by Gasteiger charge is -2.23. The smallest absolute Gasteiger partial charge is 0.359 e. The minimum Gasteiger partial charge on any atom is -0.566 e. The normalized spacial score (nSPS) is 18.4. The van der Waals surface area contributed by atoms with E-state index in [2.05, 4.69) is 20.0 Å². The molecule has 0 aromatic carbocycles. The molecule has 0 amide bonds. The summed E-state index contributed by atoms with van der Waals surface area (Å²) in [4.78, 5) is 15.8. The van der Waals surface area contributed by atoms with Gasteiger partial charge in [0.2, 0.25) is 11.5 Å². The van der Waals surface area contributed by atoms with Crippen molar-refractivity contribution in [3.8, 4) is 12.3 Å². The van der Waals surface area contributed by atoms with Crippen LogP contribution in [0, 0.1) is 12.3 Å². The fourth-order valence-electron chi connectivity index (χ4n) is 1.38. The summed E-state index contributed by atoms with van der Waals surface area (Å²) in [6.45, 7) is 0.00218. The van der Waals surface area contributed by atoms with Crippen LogP contribution in [-0.4, -0.2) is 39.2 Å². The van der Waals surface area contributed by atoms with Gasteiger partial charge in [-0.25, -0.2) is 9.78 Å². The van der Waals surface area contributed by atoms with E-state index in [4.69, 9.17) is 6.42 Å². The van der Waals surface area contributed by atoms with Crippen LogP contribution in [0.1, 0.15) is 5.01 Å². The molecule has 0 radical (unpaired) electrons. The molecule has 98 valence electrons. The van der Waals surface area contributed by atoms with E-state index < -0.39 is 17.5 Å². The van der Waals surface area contributed by atoms with Crippen LogP contribution in [0.5, 0.6) is 0 Å². The summed E-state index contributed by atoms with van der Waals surface area (Å²) in [6, 6.07) is 0. The van der Waals surface area contributed by atoms with Gasteiger partial charge in [0.25, 0.3) is 0 Å². The van der Waals surface area contributed by atoms with Crippen molar-refractivity contribution in [2.24, 2.45) is 4.40 Å². The quantitative estimate of drug-likeness (QED) is 0.461. The van der Waals surface area contributed by atoms with Crippen molar-refractivity contribution in [2.75, 3.05) is 13.7 Å². The van der Waals surface area contributed by atoms with E-state index in [9.17, 15) is 9.35 Å². The zero-order valence-corrected chi connectivity index (χ0v) is 11.5. The lowest BCUT2D eigenvalue weighted by Crippen LogP contribution is -2.37. The van der Waals surface area contributed by atoms with Crippen LogP contribution in [0.25, 0.3) is 0 Å². The number of ether oxygens (including phenoxy) is 1. The van der Waals surface area contributed by atoms with Crippen molar-refractivity contribution in [1.82, 2.24) is 9.29 Å². The number of methoxy groups -OCH3 is 1. The Balaban J connectivity index is 2.40. The summed E-state index contributed by atoms with van der Waals surface area (Å²) < 4.78 is 21.8. The molecular weight excluding hydrogens is 286 g/mol. The maximum Gasteiger partial charge on any atom is 0.359 e. The van der Waals surface area contributed by atoms with Crippen molar-refractivity contribution >= 4 is 34.6 Å². The minimum absolute atomic E-state index is 0.00218. The van der Waals surface area contributed by atoms with Crippen LogP contribution in [0.3, 0.4) is 0 Å².